The van der Waals surface area contributed by atoms with Crippen molar-refractivity contribution in [3.8, 4) is 0 Å². The molecule has 26 heavy (non-hydrogen) atoms. The fraction of sp³-hybridized carbons (Fsp3) is 0.619. The minimum atomic E-state index is -0.864. The summed E-state index contributed by atoms with van der Waals surface area (Å²) in [5.74, 6) is -0.557. The van der Waals surface area contributed by atoms with Crippen LogP contribution >= 0.6 is 0 Å². The Labute approximate surface area is 155 Å². The summed E-state index contributed by atoms with van der Waals surface area (Å²) in [6.07, 6.45) is 5.60. The van der Waals surface area contributed by atoms with Crippen molar-refractivity contribution >= 4 is 11.9 Å². The molecule has 1 aromatic rings. The molecule has 5 heteroatoms. The van der Waals surface area contributed by atoms with Crippen molar-refractivity contribution < 1.29 is 14.7 Å². The standard InChI is InChI=1S/C21H30N2O3/c1-14(11-12-16-7-4-3-5-8-16)22-15(2)20(24)23-18-10-6-9-17(18)13-19(23)21(25)26/h3-5,7-8,14-15,17-19,22H,6,9-13H2,1-2H3,(H,25,26)/t14-,15+,17+,18+,19+/m1/s1. The number of benzene rings is 1. The van der Waals surface area contributed by atoms with Crippen LogP contribution in [-0.4, -0.2) is 46.1 Å². The zero-order chi connectivity index (χ0) is 18.7. The quantitative estimate of drug-likeness (QED) is 0.786. The molecule has 1 aliphatic heterocycles. The summed E-state index contributed by atoms with van der Waals surface area (Å²) < 4.78 is 0. The Balaban J connectivity index is 1.56. The van der Waals surface area contributed by atoms with E-state index >= 15 is 0 Å². The molecule has 0 aromatic heterocycles. The lowest BCUT2D eigenvalue weighted by atomic mass is 10.0. The zero-order valence-corrected chi connectivity index (χ0v) is 15.7. The van der Waals surface area contributed by atoms with Crippen molar-refractivity contribution in [2.75, 3.05) is 0 Å². The smallest absolute Gasteiger partial charge is 0.326 e. The molecule has 5 nitrogen and oxygen atoms in total. The highest BCUT2D eigenvalue weighted by atomic mass is 16.4. The molecular formula is C21H30N2O3. The maximum absolute atomic E-state index is 13.0. The third-order valence-electron chi connectivity index (χ3n) is 5.99. The molecule has 2 N–H and O–H groups in total. The number of aryl methyl sites for hydroxylation is 1. The van der Waals surface area contributed by atoms with Crippen LogP contribution < -0.4 is 5.32 Å². The first-order chi connectivity index (χ1) is 12.5. The van der Waals surface area contributed by atoms with Gasteiger partial charge in [-0.1, -0.05) is 36.8 Å². The SMILES string of the molecule is C[C@H](CCc1ccccc1)N[C@@H](C)C(=O)N1[C@H](C(=O)O)C[C@@H]2CCC[C@@H]21. The number of carboxylic acid groups (broad SMARTS) is 1. The molecule has 142 valence electrons. The topological polar surface area (TPSA) is 69.6 Å². The molecule has 1 saturated carbocycles. The summed E-state index contributed by atoms with van der Waals surface area (Å²) in [7, 11) is 0. The third kappa shape index (κ3) is 4.09. The van der Waals surface area contributed by atoms with Crippen molar-refractivity contribution in [3.63, 3.8) is 0 Å². The molecular weight excluding hydrogens is 328 g/mol. The van der Waals surface area contributed by atoms with Crippen LogP contribution in [-0.2, 0) is 16.0 Å². The second-order valence-corrected chi connectivity index (χ2v) is 7.91. The first-order valence-corrected chi connectivity index (χ1v) is 9.82. The lowest BCUT2D eigenvalue weighted by Gasteiger charge is -2.31. The third-order valence-corrected chi connectivity index (χ3v) is 5.99. The highest BCUT2D eigenvalue weighted by molar-refractivity contribution is 5.88. The minimum Gasteiger partial charge on any atom is -0.480 e. The van der Waals surface area contributed by atoms with Crippen LogP contribution in [0.1, 0.15) is 51.5 Å². The van der Waals surface area contributed by atoms with Crippen LogP contribution in [0.3, 0.4) is 0 Å². The van der Waals surface area contributed by atoms with Gasteiger partial charge in [0.25, 0.3) is 0 Å². The number of carboxylic acids is 1. The molecule has 5 atom stereocenters. The number of likely N-dealkylation sites (tertiary alicyclic amines) is 1. The summed E-state index contributed by atoms with van der Waals surface area (Å²) >= 11 is 0. The molecule has 1 saturated heterocycles. The molecule has 1 aliphatic carbocycles. The zero-order valence-electron chi connectivity index (χ0n) is 15.7. The van der Waals surface area contributed by atoms with E-state index in [2.05, 4.69) is 24.4 Å². The van der Waals surface area contributed by atoms with E-state index in [1.807, 2.05) is 25.1 Å². The first kappa shape index (κ1) is 18.9. The van der Waals surface area contributed by atoms with Crippen LogP contribution in [0, 0.1) is 5.92 Å². The Morgan fingerprint density at radius 3 is 2.65 bits per heavy atom. The molecule has 1 heterocycles. The number of aliphatic carboxylic acids is 1. The van der Waals surface area contributed by atoms with E-state index in [0.29, 0.717) is 12.3 Å². The van der Waals surface area contributed by atoms with Crippen LogP contribution in [0.2, 0.25) is 0 Å². The Kier molecular flexibility index (Phi) is 5.97. The van der Waals surface area contributed by atoms with Gasteiger partial charge in [-0.15, -0.1) is 0 Å². The average Bonchev–Trinajstić information content (AvgIpc) is 3.21. The van der Waals surface area contributed by atoms with Crippen LogP contribution in [0.25, 0.3) is 0 Å². The highest BCUT2D eigenvalue weighted by Gasteiger charge is 2.49. The molecule has 1 aromatic carbocycles. The van der Waals surface area contributed by atoms with E-state index in [1.165, 1.54) is 5.56 Å². The van der Waals surface area contributed by atoms with Gasteiger partial charge >= 0.3 is 5.97 Å². The Hall–Kier alpha value is -1.88. The predicted molar refractivity (Wildman–Crippen MR) is 101 cm³/mol. The number of carbonyl (C=O) groups excluding carboxylic acids is 1. The van der Waals surface area contributed by atoms with Gasteiger partial charge in [0.1, 0.15) is 6.04 Å². The lowest BCUT2D eigenvalue weighted by molar-refractivity contribution is -0.150. The number of nitrogens with one attached hydrogen (secondary N) is 1. The normalized spacial score (nSPS) is 27.2. The van der Waals surface area contributed by atoms with Crippen molar-refractivity contribution in [3.05, 3.63) is 35.9 Å². The number of nitrogens with zero attached hydrogens (tertiary/aromatic N) is 1. The van der Waals surface area contributed by atoms with Gasteiger partial charge in [0.05, 0.1) is 6.04 Å². The van der Waals surface area contributed by atoms with Crippen LogP contribution in [0.5, 0.6) is 0 Å². The fourth-order valence-electron chi connectivity index (χ4n) is 4.66. The summed E-state index contributed by atoms with van der Waals surface area (Å²) in [5.41, 5.74) is 1.29. The average molecular weight is 358 g/mol. The van der Waals surface area contributed by atoms with Crippen molar-refractivity contribution in [2.24, 2.45) is 5.92 Å². The fourth-order valence-corrected chi connectivity index (χ4v) is 4.66. The largest absolute Gasteiger partial charge is 0.480 e. The van der Waals surface area contributed by atoms with E-state index in [1.54, 1.807) is 4.90 Å². The maximum atomic E-state index is 13.0. The van der Waals surface area contributed by atoms with Gasteiger partial charge in [-0.3, -0.25) is 4.79 Å². The Morgan fingerprint density at radius 2 is 1.96 bits per heavy atom. The van der Waals surface area contributed by atoms with Crippen LogP contribution in [0.15, 0.2) is 30.3 Å². The number of hydrogen-bond acceptors (Lipinski definition) is 3. The van der Waals surface area contributed by atoms with Crippen molar-refractivity contribution in [1.82, 2.24) is 10.2 Å². The van der Waals surface area contributed by atoms with E-state index < -0.39 is 12.0 Å². The number of amides is 1. The van der Waals surface area contributed by atoms with Gasteiger partial charge < -0.3 is 15.3 Å². The lowest BCUT2D eigenvalue weighted by Crippen LogP contribution is -2.53. The molecule has 0 bridgehead atoms. The van der Waals surface area contributed by atoms with E-state index in [4.69, 9.17) is 0 Å². The molecule has 2 aliphatic rings. The Bertz CT molecular complexity index is 633. The number of carbonyl (C=O) groups is 2. The molecule has 2 fully saturated rings. The van der Waals surface area contributed by atoms with Gasteiger partial charge in [-0.05, 0) is 57.4 Å². The van der Waals surface area contributed by atoms with E-state index in [0.717, 1.165) is 32.1 Å². The minimum absolute atomic E-state index is 0.0571. The molecule has 0 spiro atoms. The van der Waals surface area contributed by atoms with E-state index in [-0.39, 0.29) is 24.0 Å². The van der Waals surface area contributed by atoms with Gasteiger partial charge in [0.2, 0.25) is 5.91 Å². The summed E-state index contributed by atoms with van der Waals surface area (Å²) in [4.78, 5) is 26.3. The number of rotatable bonds is 7. The summed E-state index contributed by atoms with van der Waals surface area (Å²) in [6, 6.07) is 9.62. The van der Waals surface area contributed by atoms with Gasteiger partial charge in [0, 0.05) is 12.1 Å². The van der Waals surface area contributed by atoms with Gasteiger partial charge in [-0.2, -0.15) is 0 Å². The summed E-state index contributed by atoms with van der Waals surface area (Å²) in [6.45, 7) is 3.95. The number of hydrogen-bond donors (Lipinski definition) is 2. The monoisotopic (exact) mass is 358 g/mol. The van der Waals surface area contributed by atoms with Gasteiger partial charge in [-0.25, -0.2) is 4.79 Å². The maximum Gasteiger partial charge on any atom is 0.326 e. The van der Waals surface area contributed by atoms with Crippen molar-refractivity contribution in [1.29, 1.82) is 0 Å². The first-order valence-electron chi connectivity index (χ1n) is 9.82. The molecule has 0 radical (unpaired) electrons. The predicted octanol–water partition coefficient (Wildman–Crippen LogP) is 2.84. The van der Waals surface area contributed by atoms with Gasteiger partial charge in [0.15, 0.2) is 0 Å². The molecule has 3 rings (SSSR count). The second kappa shape index (κ2) is 8.21. The Morgan fingerprint density at radius 1 is 1.23 bits per heavy atom. The second-order valence-electron chi connectivity index (χ2n) is 7.91. The highest BCUT2D eigenvalue weighted by Crippen LogP contribution is 2.41. The summed E-state index contributed by atoms with van der Waals surface area (Å²) in [5, 5.41) is 12.9. The van der Waals surface area contributed by atoms with Crippen LogP contribution in [0.4, 0.5) is 0 Å². The molecule has 1 amide bonds. The van der Waals surface area contributed by atoms with E-state index in [9.17, 15) is 14.7 Å². The molecule has 0 unspecified atom stereocenters. The van der Waals surface area contributed by atoms with Crippen molar-refractivity contribution in [2.45, 2.75) is 76.5 Å². The number of fused-ring (bicyclic) bond motifs is 1.